The topological polar surface area (TPSA) is 38.5 Å². The van der Waals surface area contributed by atoms with Gasteiger partial charge in [0.05, 0.1) is 0 Å². The average Bonchev–Trinajstić information content (AvgIpc) is 2.41. The maximum absolute atomic E-state index is 6.01. The van der Waals surface area contributed by atoms with Crippen molar-refractivity contribution in [1.29, 1.82) is 0 Å². The minimum absolute atomic E-state index is 0.374. The first-order chi connectivity index (χ1) is 8.69. The van der Waals surface area contributed by atoms with Crippen molar-refractivity contribution in [3.63, 3.8) is 0 Å². The average molecular weight is 248 g/mol. The van der Waals surface area contributed by atoms with E-state index >= 15 is 0 Å². The molecule has 1 aromatic rings. The SMILES string of the molecule is CC(CN)c1ccc(OC2CCN(C)CC2)cc1. The van der Waals surface area contributed by atoms with Gasteiger partial charge in [0, 0.05) is 13.1 Å². The zero-order chi connectivity index (χ0) is 13.0. The summed E-state index contributed by atoms with van der Waals surface area (Å²) in [6, 6.07) is 8.39. The first-order valence-electron chi connectivity index (χ1n) is 6.84. The normalized spacial score (nSPS) is 19.7. The predicted molar refractivity (Wildman–Crippen MR) is 75.1 cm³/mol. The van der Waals surface area contributed by atoms with Gasteiger partial charge in [-0.2, -0.15) is 0 Å². The lowest BCUT2D eigenvalue weighted by atomic mass is 10.0. The van der Waals surface area contributed by atoms with Gasteiger partial charge in [-0.3, -0.25) is 0 Å². The second-order valence-corrected chi connectivity index (χ2v) is 5.33. The van der Waals surface area contributed by atoms with Crippen LogP contribution in [0.5, 0.6) is 5.75 Å². The van der Waals surface area contributed by atoms with Crippen molar-refractivity contribution in [2.24, 2.45) is 5.73 Å². The smallest absolute Gasteiger partial charge is 0.119 e. The van der Waals surface area contributed by atoms with Gasteiger partial charge in [-0.25, -0.2) is 0 Å². The molecule has 1 fully saturated rings. The molecule has 1 aliphatic heterocycles. The van der Waals surface area contributed by atoms with Gasteiger partial charge >= 0.3 is 0 Å². The Morgan fingerprint density at radius 1 is 1.28 bits per heavy atom. The van der Waals surface area contributed by atoms with E-state index < -0.39 is 0 Å². The molecule has 1 unspecified atom stereocenters. The maximum Gasteiger partial charge on any atom is 0.119 e. The first kappa shape index (κ1) is 13.4. The van der Waals surface area contributed by atoms with Crippen LogP contribution < -0.4 is 10.5 Å². The number of nitrogens with zero attached hydrogens (tertiary/aromatic N) is 1. The van der Waals surface area contributed by atoms with Crippen molar-refractivity contribution >= 4 is 0 Å². The summed E-state index contributed by atoms with van der Waals surface area (Å²) in [5.41, 5.74) is 6.95. The van der Waals surface area contributed by atoms with Crippen molar-refractivity contribution < 1.29 is 4.74 Å². The van der Waals surface area contributed by atoms with Crippen LogP contribution in [-0.2, 0) is 0 Å². The third-order valence-electron chi connectivity index (χ3n) is 3.77. The van der Waals surface area contributed by atoms with E-state index in [0.717, 1.165) is 31.7 Å². The minimum atomic E-state index is 0.374. The van der Waals surface area contributed by atoms with Gasteiger partial charge < -0.3 is 15.4 Å². The van der Waals surface area contributed by atoms with Crippen LogP contribution in [-0.4, -0.2) is 37.7 Å². The third-order valence-corrected chi connectivity index (χ3v) is 3.77. The highest BCUT2D eigenvalue weighted by atomic mass is 16.5. The highest BCUT2D eigenvalue weighted by Gasteiger charge is 2.17. The molecule has 18 heavy (non-hydrogen) atoms. The van der Waals surface area contributed by atoms with Crippen LogP contribution in [0.1, 0.15) is 31.2 Å². The van der Waals surface area contributed by atoms with Gasteiger partial charge in [0.15, 0.2) is 0 Å². The van der Waals surface area contributed by atoms with E-state index in [4.69, 9.17) is 10.5 Å². The second kappa shape index (κ2) is 6.21. The Kier molecular flexibility index (Phi) is 4.61. The van der Waals surface area contributed by atoms with E-state index in [1.807, 2.05) is 0 Å². The van der Waals surface area contributed by atoms with Gasteiger partial charge in [-0.05, 0) is 50.0 Å². The van der Waals surface area contributed by atoms with Crippen molar-refractivity contribution in [2.45, 2.75) is 31.8 Å². The molecule has 3 heteroatoms. The molecule has 0 bridgehead atoms. The van der Waals surface area contributed by atoms with Gasteiger partial charge in [0.1, 0.15) is 11.9 Å². The lowest BCUT2D eigenvalue weighted by Gasteiger charge is -2.29. The number of rotatable bonds is 4. The Hall–Kier alpha value is -1.06. The van der Waals surface area contributed by atoms with Crippen molar-refractivity contribution in [3.05, 3.63) is 29.8 Å². The summed E-state index contributed by atoms with van der Waals surface area (Å²) in [7, 11) is 2.17. The second-order valence-electron chi connectivity index (χ2n) is 5.33. The van der Waals surface area contributed by atoms with E-state index in [2.05, 4.69) is 43.1 Å². The molecule has 0 amide bonds. The molecule has 3 nitrogen and oxygen atoms in total. The van der Waals surface area contributed by atoms with Crippen molar-refractivity contribution in [1.82, 2.24) is 4.90 Å². The Balaban J connectivity index is 1.90. The lowest BCUT2D eigenvalue weighted by Crippen LogP contribution is -2.35. The van der Waals surface area contributed by atoms with Crippen LogP contribution in [0, 0.1) is 0 Å². The molecular weight excluding hydrogens is 224 g/mol. The van der Waals surface area contributed by atoms with Gasteiger partial charge in [-0.15, -0.1) is 0 Å². The number of benzene rings is 1. The molecule has 0 aliphatic carbocycles. The van der Waals surface area contributed by atoms with Gasteiger partial charge in [0.2, 0.25) is 0 Å². The molecule has 0 spiro atoms. The van der Waals surface area contributed by atoms with E-state index in [1.165, 1.54) is 5.56 Å². The lowest BCUT2D eigenvalue weighted by molar-refractivity contribution is 0.114. The third kappa shape index (κ3) is 3.47. The number of ether oxygens (including phenoxy) is 1. The van der Waals surface area contributed by atoms with Crippen molar-refractivity contribution in [2.75, 3.05) is 26.7 Å². The number of piperidine rings is 1. The molecule has 2 rings (SSSR count). The molecule has 0 saturated carbocycles. The zero-order valence-corrected chi connectivity index (χ0v) is 11.4. The summed E-state index contributed by atoms with van der Waals surface area (Å²) < 4.78 is 6.01. The number of nitrogens with two attached hydrogens (primary N) is 1. The summed E-state index contributed by atoms with van der Waals surface area (Å²) in [6.07, 6.45) is 2.62. The summed E-state index contributed by atoms with van der Waals surface area (Å²) in [5.74, 6) is 1.40. The van der Waals surface area contributed by atoms with Crippen LogP contribution in [0.2, 0.25) is 0 Å². The Morgan fingerprint density at radius 3 is 2.44 bits per heavy atom. The van der Waals surface area contributed by atoms with Crippen LogP contribution >= 0.6 is 0 Å². The highest BCUT2D eigenvalue weighted by molar-refractivity contribution is 5.29. The monoisotopic (exact) mass is 248 g/mol. The summed E-state index contributed by atoms with van der Waals surface area (Å²) >= 11 is 0. The van der Waals surface area contributed by atoms with Crippen molar-refractivity contribution in [3.8, 4) is 5.75 Å². The van der Waals surface area contributed by atoms with Crippen LogP contribution in [0.15, 0.2) is 24.3 Å². The molecule has 0 radical (unpaired) electrons. The van der Waals surface area contributed by atoms with E-state index in [0.29, 0.717) is 18.6 Å². The van der Waals surface area contributed by atoms with Crippen LogP contribution in [0.4, 0.5) is 0 Å². The molecule has 1 aromatic carbocycles. The molecule has 1 heterocycles. The van der Waals surface area contributed by atoms with Crippen LogP contribution in [0.25, 0.3) is 0 Å². The Morgan fingerprint density at radius 2 is 1.89 bits per heavy atom. The van der Waals surface area contributed by atoms with E-state index in [9.17, 15) is 0 Å². The maximum atomic E-state index is 6.01. The summed E-state index contributed by atoms with van der Waals surface area (Å²) in [5, 5.41) is 0. The largest absolute Gasteiger partial charge is 0.490 e. The molecule has 100 valence electrons. The Bertz CT molecular complexity index is 355. The van der Waals surface area contributed by atoms with E-state index in [-0.39, 0.29) is 0 Å². The quantitative estimate of drug-likeness (QED) is 0.888. The molecular formula is C15H24N2O. The molecule has 1 saturated heterocycles. The van der Waals surface area contributed by atoms with Crippen LogP contribution in [0.3, 0.4) is 0 Å². The number of likely N-dealkylation sites (tertiary alicyclic amines) is 1. The fourth-order valence-electron chi connectivity index (χ4n) is 2.31. The first-order valence-corrected chi connectivity index (χ1v) is 6.84. The Labute approximate surface area is 110 Å². The number of hydrogen-bond acceptors (Lipinski definition) is 3. The highest BCUT2D eigenvalue weighted by Crippen LogP contribution is 2.21. The molecule has 1 atom stereocenters. The zero-order valence-electron chi connectivity index (χ0n) is 11.4. The fourth-order valence-corrected chi connectivity index (χ4v) is 2.31. The fraction of sp³-hybridized carbons (Fsp3) is 0.600. The molecule has 2 N–H and O–H groups in total. The molecule has 0 aromatic heterocycles. The summed E-state index contributed by atoms with van der Waals surface area (Å²) in [4.78, 5) is 2.35. The van der Waals surface area contributed by atoms with E-state index in [1.54, 1.807) is 0 Å². The predicted octanol–water partition coefficient (Wildman–Crippen LogP) is 2.22. The summed E-state index contributed by atoms with van der Waals surface area (Å²) in [6.45, 7) is 5.10. The standard InChI is InChI=1S/C15H24N2O/c1-12(11-16)13-3-5-14(6-4-13)18-15-7-9-17(2)10-8-15/h3-6,12,15H,7-11,16H2,1-2H3. The number of hydrogen-bond donors (Lipinski definition) is 1. The van der Waals surface area contributed by atoms with Gasteiger partial charge in [-0.1, -0.05) is 19.1 Å². The van der Waals surface area contributed by atoms with Gasteiger partial charge in [0.25, 0.3) is 0 Å². The minimum Gasteiger partial charge on any atom is -0.490 e. The molecule has 1 aliphatic rings.